The largest absolute Gasteiger partial charge is 0.472 e. The smallest absolute Gasteiger partial charge is 0.463 e. The second kappa shape index (κ2) is 45.0. The Hall–Kier alpha value is -2.52. The van der Waals surface area contributed by atoms with Crippen LogP contribution in [0.1, 0.15) is 168 Å². The van der Waals surface area contributed by atoms with Crippen molar-refractivity contribution in [2.24, 2.45) is 0 Å². The number of aliphatic hydroxyl groups is 3. The van der Waals surface area contributed by atoms with Crippen molar-refractivity contribution in [3.8, 4) is 0 Å². The normalized spacial score (nSPS) is 15.7. The van der Waals surface area contributed by atoms with E-state index in [9.17, 15) is 43.8 Å². The minimum absolute atomic E-state index is 0.0881. The molecule has 0 radical (unpaired) electrons. The molecule has 0 fully saturated rings. The molecule has 0 aromatic carbocycles. The molecule has 0 saturated carbocycles. The van der Waals surface area contributed by atoms with Crippen molar-refractivity contribution in [2.75, 3.05) is 39.6 Å². The fourth-order valence-electron chi connectivity index (χ4n) is 5.84. The van der Waals surface area contributed by atoms with Crippen molar-refractivity contribution in [2.45, 2.75) is 186 Å². The first-order chi connectivity index (χ1) is 31.8. The van der Waals surface area contributed by atoms with Gasteiger partial charge in [0.1, 0.15) is 31.5 Å². The van der Waals surface area contributed by atoms with Crippen molar-refractivity contribution in [3.63, 3.8) is 0 Å². The molecule has 0 spiro atoms. The fourth-order valence-corrected chi connectivity index (χ4v) is 7.43. The molecule has 0 bridgehead atoms. The molecule has 5 atom stereocenters. The molecule has 0 aliphatic heterocycles. The molecule has 0 heterocycles. The lowest BCUT2D eigenvalue weighted by molar-refractivity contribution is -0.148. The first-order valence-electron chi connectivity index (χ1n) is 24.3. The van der Waals surface area contributed by atoms with Crippen molar-refractivity contribution in [1.29, 1.82) is 0 Å². The molecule has 5 N–H and O–H groups in total. The Morgan fingerprint density at radius 3 is 1.09 bits per heavy atom. The maximum Gasteiger partial charge on any atom is 0.472 e. The van der Waals surface area contributed by atoms with Crippen LogP contribution in [0.3, 0.4) is 0 Å². The van der Waals surface area contributed by atoms with E-state index in [1.54, 1.807) is 0 Å². The molecule has 0 aromatic rings. The van der Waals surface area contributed by atoms with Gasteiger partial charge >= 0.3 is 27.6 Å². The second-order valence-electron chi connectivity index (χ2n) is 16.1. The quantitative estimate of drug-likeness (QED) is 0.0166. The van der Waals surface area contributed by atoms with Crippen LogP contribution in [0, 0.1) is 0 Å². The van der Waals surface area contributed by atoms with Crippen LogP contribution in [0.5, 0.6) is 0 Å². The van der Waals surface area contributed by atoms with Gasteiger partial charge in [-0.1, -0.05) is 151 Å². The summed E-state index contributed by atoms with van der Waals surface area (Å²) < 4.78 is 52.9. The maximum absolute atomic E-state index is 12.2. The number of carbonyl (C=O) groups excluding carboxylic acids is 2. The van der Waals surface area contributed by atoms with E-state index in [1.807, 2.05) is 12.2 Å². The van der Waals surface area contributed by atoms with Crippen molar-refractivity contribution >= 4 is 27.6 Å². The first kappa shape index (κ1) is 63.5. The van der Waals surface area contributed by atoms with Crippen molar-refractivity contribution in [3.05, 3.63) is 72.9 Å². The van der Waals surface area contributed by atoms with E-state index in [2.05, 4.69) is 92.7 Å². The number of hydrogen-bond acceptors (Lipinski definition) is 13. The second-order valence-corrected chi connectivity index (χ2v) is 19.0. The van der Waals surface area contributed by atoms with Gasteiger partial charge < -0.3 is 34.6 Å². The number of hydrogen-bond donors (Lipinski definition) is 5. The molecule has 17 heteroatoms. The van der Waals surface area contributed by atoms with E-state index in [-0.39, 0.29) is 12.8 Å². The predicted octanol–water partition coefficient (Wildman–Crippen LogP) is 11.2. The average molecular weight is 977 g/mol. The van der Waals surface area contributed by atoms with E-state index in [0.29, 0.717) is 12.8 Å². The molecule has 0 aromatic heterocycles. The monoisotopic (exact) mass is 977 g/mol. The number of carbonyl (C=O) groups is 2. The minimum Gasteiger partial charge on any atom is -0.463 e. The summed E-state index contributed by atoms with van der Waals surface area (Å²) in [6, 6.07) is 0. The molecule has 5 unspecified atom stereocenters. The highest BCUT2D eigenvalue weighted by Gasteiger charge is 2.28. The zero-order valence-electron chi connectivity index (χ0n) is 40.1. The molecule has 382 valence electrons. The van der Waals surface area contributed by atoms with Gasteiger partial charge in [0.25, 0.3) is 0 Å². The van der Waals surface area contributed by atoms with Crippen LogP contribution in [0.2, 0.25) is 0 Å². The Bertz CT molecular complexity index is 1460. The molecule has 0 amide bonds. The third-order valence-electron chi connectivity index (χ3n) is 9.65. The molecular weight excluding hydrogens is 890 g/mol. The molecule has 15 nitrogen and oxygen atoms in total. The summed E-state index contributed by atoms with van der Waals surface area (Å²) in [5.74, 6) is -1.08. The van der Waals surface area contributed by atoms with Gasteiger partial charge in [-0.2, -0.15) is 0 Å². The maximum atomic E-state index is 12.2. The number of esters is 2. The summed E-state index contributed by atoms with van der Waals surface area (Å²) in [6.07, 6.45) is 44.8. The zero-order chi connectivity index (χ0) is 48.8. The highest BCUT2D eigenvalue weighted by atomic mass is 31.2. The third kappa shape index (κ3) is 46.6. The zero-order valence-corrected chi connectivity index (χ0v) is 41.9. The van der Waals surface area contributed by atoms with Crippen LogP contribution in [-0.2, 0) is 46.3 Å². The van der Waals surface area contributed by atoms with Gasteiger partial charge in [-0.15, -0.1) is 0 Å². The molecule has 0 saturated heterocycles. The van der Waals surface area contributed by atoms with Crippen molar-refractivity contribution < 1.29 is 71.4 Å². The highest BCUT2D eigenvalue weighted by Crippen LogP contribution is 2.45. The summed E-state index contributed by atoms with van der Waals surface area (Å²) in [6.45, 7) is 0.274. The number of ether oxygens (including phenoxy) is 2. The topological polar surface area (TPSA) is 225 Å². The number of phosphoric ester groups is 2. The molecule has 0 rings (SSSR count). The van der Waals surface area contributed by atoms with E-state index < -0.39 is 85.5 Å². The van der Waals surface area contributed by atoms with Gasteiger partial charge in [-0.05, 0) is 77.0 Å². The average Bonchev–Trinajstić information content (AvgIpc) is 3.29. The lowest BCUT2D eigenvalue weighted by Crippen LogP contribution is -2.25. The summed E-state index contributed by atoms with van der Waals surface area (Å²) in [5.41, 5.74) is 0. The standard InChI is InChI=1S/C49H86O15P2/c1-3-5-7-9-11-13-15-17-18-19-20-21-22-23-24-26-28-30-32-34-36-38-49(54)60-40-46(51)42-62-66(57,58)64-44-47(52)43-63-65(55,56)61-41-45(50)39-59-48(53)37-35-33-31-29-27-25-16-14-12-10-8-6-4-2/h11,13,17-18,20-21,23-25,27,31,33,45-47,50-52H,3-10,12,14-16,19,22,26,28-30,32,34-44H2,1-2H3,(H,55,56)(H,57,58)/b13-11-,18-17-,21-20-,24-23-,27-25-,33-31+. The summed E-state index contributed by atoms with van der Waals surface area (Å²) in [4.78, 5) is 43.7. The van der Waals surface area contributed by atoms with E-state index in [4.69, 9.17) is 9.47 Å². The van der Waals surface area contributed by atoms with Crippen molar-refractivity contribution in [1.82, 2.24) is 0 Å². The van der Waals surface area contributed by atoms with Gasteiger partial charge in [0.15, 0.2) is 0 Å². The van der Waals surface area contributed by atoms with Crippen LogP contribution in [0.25, 0.3) is 0 Å². The Kier molecular flexibility index (Phi) is 43.2. The number of allylic oxidation sites excluding steroid dienone is 12. The number of phosphoric acid groups is 2. The highest BCUT2D eigenvalue weighted by molar-refractivity contribution is 7.47. The van der Waals surface area contributed by atoms with Crippen LogP contribution >= 0.6 is 15.6 Å². The third-order valence-corrected chi connectivity index (χ3v) is 11.5. The first-order valence-corrected chi connectivity index (χ1v) is 27.3. The van der Waals surface area contributed by atoms with Gasteiger partial charge in [-0.25, -0.2) is 9.13 Å². The van der Waals surface area contributed by atoms with Gasteiger partial charge in [0.05, 0.1) is 26.4 Å². The van der Waals surface area contributed by atoms with Crippen LogP contribution < -0.4 is 0 Å². The molecule has 0 aliphatic rings. The Morgan fingerprint density at radius 1 is 0.394 bits per heavy atom. The lowest BCUT2D eigenvalue weighted by Gasteiger charge is -2.19. The fraction of sp³-hybridized carbons (Fsp3) is 0.714. The summed E-state index contributed by atoms with van der Waals surface area (Å²) in [5, 5.41) is 30.0. The molecule has 0 aliphatic carbocycles. The van der Waals surface area contributed by atoms with Gasteiger partial charge in [0, 0.05) is 12.8 Å². The Labute approximate surface area is 396 Å². The SMILES string of the molecule is CCCCC/C=C\C/C=C\C/C=C\C/C=C\CCCCCCCC(=O)OCC(O)COP(=O)(O)OCC(O)COP(=O)(O)OCC(O)COC(=O)CC/C=C/C/C=C\CCCCCCCC. The number of rotatable bonds is 46. The molecular formula is C49H86O15P2. The molecule has 66 heavy (non-hydrogen) atoms. The van der Waals surface area contributed by atoms with E-state index >= 15 is 0 Å². The minimum atomic E-state index is -4.80. The van der Waals surface area contributed by atoms with Crippen LogP contribution in [0.4, 0.5) is 0 Å². The summed E-state index contributed by atoms with van der Waals surface area (Å²) >= 11 is 0. The van der Waals surface area contributed by atoms with Crippen LogP contribution in [-0.4, -0.2) is 95.0 Å². The van der Waals surface area contributed by atoms with Gasteiger partial charge in [0.2, 0.25) is 0 Å². The predicted molar refractivity (Wildman–Crippen MR) is 260 cm³/mol. The summed E-state index contributed by atoms with van der Waals surface area (Å²) in [7, 11) is -9.60. The lowest BCUT2D eigenvalue weighted by atomic mass is 10.1. The van der Waals surface area contributed by atoms with Gasteiger partial charge in [-0.3, -0.25) is 27.7 Å². The number of unbranched alkanes of at least 4 members (excludes halogenated alkanes) is 14. The Balaban J connectivity index is 3.95. The number of aliphatic hydroxyl groups excluding tert-OH is 3. The van der Waals surface area contributed by atoms with E-state index in [1.165, 1.54) is 64.2 Å². The van der Waals surface area contributed by atoms with Crippen LogP contribution in [0.15, 0.2) is 72.9 Å². The van der Waals surface area contributed by atoms with E-state index in [0.717, 1.165) is 64.2 Å². The Morgan fingerprint density at radius 2 is 0.682 bits per heavy atom.